The van der Waals surface area contributed by atoms with Crippen LogP contribution < -0.4 is 10.1 Å². The van der Waals surface area contributed by atoms with Crippen LogP contribution in [-0.4, -0.2) is 39.2 Å². The molecule has 2 atom stereocenters. The zero-order valence-corrected chi connectivity index (χ0v) is 20.2. The van der Waals surface area contributed by atoms with Gasteiger partial charge in [-0.3, -0.25) is 4.79 Å². The van der Waals surface area contributed by atoms with Crippen molar-refractivity contribution in [2.45, 2.75) is 31.7 Å². The number of benzene rings is 2. The number of anilines is 1. The number of halogens is 2. The molecule has 0 saturated heterocycles. The van der Waals surface area contributed by atoms with E-state index >= 15 is 0 Å². The first-order valence-electron chi connectivity index (χ1n) is 12.4. The van der Waals surface area contributed by atoms with Gasteiger partial charge in [0.15, 0.2) is 5.82 Å². The highest BCUT2D eigenvalue weighted by molar-refractivity contribution is 5.94. The normalized spacial score (nSPS) is 22.8. The molecule has 4 aromatic rings. The van der Waals surface area contributed by atoms with Crippen LogP contribution in [0, 0.1) is 29.4 Å². The number of carboxylic acids is 1. The first-order chi connectivity index (χ1) is 17.9. The van der Waals surface area contributed by atoms with Gasteiger partial charge in [-0.1, -0.05) is 0 Å². The number of ether oxygens (including phenoxy) is 1. The minimum absolute atomic E-state index is 0.141. The number of rotatable bonds is 6. The van der Waals surface area contributed by atoms with Crippen LogP contribution in [-0.2, 0) is 4.79 Å². The molecule has 3 aliphatic rings. The lowest BCUT2D eigenvalue weighted by Gasteiger charge is -2.47. The van der Waals surface area contributed by atoms with Crippen LogP contribution in [0.1, 0.15) is 25.7 Å². The summed E-state index contributed by atoms with van der Waals surface area (Å²) in [6.45, 7) is 0. The number of aromatic nitrogens is 3. The summed E-state index contributed by atoms with van der Waals surface area (Å²) in [5.41, 5.74) is 2.01. The second kappa shape index (κ2) is 9.14. The van der Waals surface area contributed by atoms with Gasteiger partial charge >= 0.3 is 5.97 Å². The molecule has 7 rings (SSSR count). The lowest BCUT2D eigenvalue weighted by Crippen LogP contribution is -2.51. The number of H-pyrrole nitrogens is 1. The third-order valence-electron chi connectivity index (χ3n) is 7.88. The number of hydrogen-bond acceptors (Lipinski definition) is 5. The molecule has 3 saturated carbocycles. The summed E-state index contributed by atoms with van der Waals surface area (Å²) in [4.78, 5) is 24.5. The highest BCUT2D eigenvalue weighted by Crippen LogP contribution is 2.46. The third-order valence-corrected chi connectivity index (χ3v) is 7.88. The maximum absolute atomic E-state index is 14.4. The maximum atomic E-state index is 14.4. The number of carbonyl (C=O) groups is 1. The Balaban J connectivity index is 1.47. The van der Waals surface area contributed by atoms with Gasteiger partial charge in [0.05, 0.1) is 24.2 Å². The van der Waals surface area contributed by atoms with Gasteiger partial charge in [-0.25, -0.2) is 18.7 Å². The van der Waals surface area contributed by atoms with E-state index in [1.807, 2.05) is 24.3 Å². The van der Waals surface area contributed by atoms with Crippen LogP contribution in [0.5, 0.6) is 5.75 Å². The lowest BCUT2D eigenvalue weighted by atomic mass is 9.61. The number of aliphatic carboxylic acids is 1. The Kier molecular flexibility index (Phi) is 5.78. The SMILES string of the molecule is COc1ccc(-c2cc(N[C@@H]3C4CCC(CC4)[C@H]3C(=O)O)nc(-c3c[nH]c4c(F)cc(F)cc34)n2)cc1. The van der Waals surface area contributed by atoms with E-state index in [4.69, 9.17) is 14.7 Å². The van der Waals surface area contributed by atoms with Crippen molar-refractivity contribution >= 4 is 22.7 Å². The molecular formula is C28H26F2N4O3. The summed E-state index contributed by atoms with van der Waals surface area (Å²) >= 11 is 0. The van der Waals surface area contributed by atoms with Crippen LogP contribution in [0.25, 0.3) is 33.5 Å². The Morgan fingerprint density at radius 2 is 1.78 bits per heavy atom. The summed E-state index contributed by atoms with van der Waals surface area (Å²) in [6, 6.07) is 11.0. The molecule has 9 heteroatoms. The monoisotopic (exact) mass is 504 g/mol. The number of nitrogens with zero attached hydrogens (tertiary/aromatic N) is 2. The minimum Gasteiger partial charge on any atom is -0.497 e. The van der Waals surface area contributed by atoms with E-state index in [-0.39, 0.29) is 29.2 Å². The summed E-state index contributed by atoms with van der Waals surface area (Å²) in [6.07, 6.45) is 5.39. The first-order valence-corrected chi connectivity index (χ1v) is 12.4. The largest absolute Gasteiger partial charge is 0.497 e. The zero-order valence-electron chi connectivity index (χ0n) is 20.2. The van der Waals surface area contributed by atoms with Crippen molar-refractivity contribution in [3.05, 3.63) is 60.3 Å². The lowest BCUT2D eigenvalue weighted by molar-refractivity contribution is -0.148. The van der Waals surface area contributed by atoms with Crippen LogP contribution in [0.3, 0.4) is 0 Å². The first kappa shape index (κ1) is 23.4. The minimum atomic E-state index is -0.792. The fraction of sp³-hybridized carbons (Fsp3) is 0.321. The number of methoxy groups -OCH3 is 1. The predicted octanol–water partition coefficient (Wildman–Crippen LogP) is 5.88. The molecule has 0 radical (unpaired) electrons. The second-order valence-electron chi connectivity index (χ2n) is 9.91. The smallest absolute Gasteiger partial charge is 0.308 e. The van der Waals surface area contributed by atoms with Crippen LogP contribution in [0.4, 0.5) is 14.6 Å². The summed E-state index contributed by atoms with van der Waals surface area (Å²) in [5.74, 6) is -0.850. The molecule has 3 fully saturated rings. The highest BCUT2D eigenvalue weighted by Gasteiger charge is 2.47. The molecule has 7 nitrogen and oxygen atoms in total. The van der Waals surface area contributed by atoms with Crippen LogP contribution >= 0.6 is 0 Å². The predicted molar refractivity (Wildman–Crippen MR) is 135 cm³/mol. The number of aromatic amines is 1. The van der Waals surface area contributed by atoms with Gasteiger partial charge in [0.25, 0.3) is 0 Å². The van der Waals surface area contributed by atoms with Crippen LogP contribution in [0.15, 0.2) is 48.7 Å². The number of carboxylic acid groups (broad SMARTS) is 1. The average Bonchev–Trinajstić information content (AvgIpc) is 3.33. The summed E-state index contributed by atoms with van der Waals surface area (Å²) in [7, 11) is 1.59. The molecule has 3 N–H and O–H groups in total. The van der Waals surface area contributed by atoms with Crippen molar-refractivity contribution in [2.24, 2.45) is 17.8 Å². The molecule has 2 aromatic carbocycles. The van der Waals surface area contributed by atoms with Crippen molar-refractivity contribution in [1.29, 1.82) is 0 Å². The quantitative estimate of drug-likeness (QED) is 0.303. The van der Waals surface area contributed by atoms with Crippen molar-refractivity contribution in [3.8, 4) is 28.4 Å². The number of hydrogen-bond donors (Lipinski definition) is 3. The molecule has 2 aromatic heterocycles. The maximum Gasteiger partial charge on any atom is 0.308 e. The Hall–Kier alpha value is -4.01. The van der Waals surface area contributed by atoms with Crippen molar-refractivity contribution < 1.29 is 23.4 Å². The van der Waals surface area contributed by atoms with E-state index < -0.39 is 23.5 Å². The zero-order chi connectivity index (χ0) is 25.7. The Morgan fingerprint density at radius 1 is 1.05 bits per heavy atom. The molecule has 2 heterocycles. The van der Waals surface area contributed by atoms with Crippen molar-refractivity contribution in [2.75, 3.05) is 12.4 Å². The van der Waals surface area contributed by atoms with E-state index in [1.54, 1.807) is 19.4 Å². The Morgan fingerprint density at radius 3 is 2.49 bits per heavy atom. The van der Waals surface area contributed by atoms with E-state index in [9.17, 15) is 18.7 Å². The topological polar surface area (TPSA) is 100 Å². The van der Waals surface area contributed by atoms with Gasteiger partial charge in [0, 0.05) is 40.9 Å². The van der Waals surface area contributed by atoms with Gasteiger partial charge in [0.2, 0.25) is 0 Å². The average molecular weight is 505 g/mol. The second-order valence-corrected chi connectivity index (χ2v) is 9.91. The summed E-state index contributed by atoms with van der Waals surface area (Å²) < 4.78 is 33.8. The molecule has 0 amide bonds. The van der Waals surface area contributed by atoms with E-state index in [2.05, 4.69) is 10.3 Å². The molecule has 0 aliphatic heterocycles. The fourth-order valence-corrected chi connectivity index (χ4v) is 6.07. The number of fused-ring (bicyclic) bond motifs is 4. The molecule has 37 heavy (non-hydrogen) atoms. The molecule has 2 bridgehead atoms. The third kappa shape index (κ3) is 4.18. The molecule has 0 spiro atoms. The Labute approximate surface area is 211 Å². The van der Waals surface area contributed by atoms with E-state index in [1.165, 1.54) is 6.07 Å². The van der Waals surface area contributed by atoms with Gasteiger partial charge < -0.3 is 20.1 Å². The standard InChI is InChI=1S/C28H26F2N4O3/c1-37-18-8-6-14(7-9-18)22-12-23(33-25-16-4-2-15(3-5-16)24(25)28(35)36)34-27(32-22)20-13-31-26-19(20)10-17(29)11-21(26)30/h6-13,15-16,24-25,31H,2-5H2,1H3,(H,35,36)(H,32,33,34)/t15?,16?,24-,25-/m1/s1. The van der Waals surface area contributed by atoms with E-state index in [0.29, 0.717) is 28.2 Å². The molecule has 190 valence electrons. The van der Waals surface area contributed by atoms with Crippen LogP contribution in [0.2, 0.25) is 0 Å². The molecule has 0 unspecified atom stereocenters. The van der Waals surface area contributed by atoms with Gasteiger partial charge in [-0.05, 0) is 67.9 Å². The van der Waals surface area contributed by atoms with Gasteiger partial charge in [-0.15, -0.1) is 0 Å². The fourth-order valence-electron chi connectivity index (χ4n) is 6.07. The van der Waals surface area contributed by atoms with Gasteiger partial charge in [0.1, 0.15) is 23.2 Å². The Bertz CT molecular complexity index is 1480. The van der Waals surface area contributed by atoms with Crippen molar-refractivity contribution in [3.63, 3.8) is 0 Å². The number of nitrogens with one attached hydrogen (secondary N) is 2. The highest BCUT2D eigenvalue weighted by atomic mass is 19.1. The molecular weight excluding hydrogens is 478 g/mol. The van der Waals surface area contributed by atoms with Gasteiger partial charge in [-0.2, -0.15) is 0 Å². The van der Waals surface area contributed by atoms with E-state index in [0.717, 1.165) is 37.3 Å². The summed E-state index contributed by atoms with van der Waals surface area (Å²) in [5, 5.41) is 13.8. The van der Waals surface area contributed by atoms with Crippen molar-refractivity contribution in [1.82, 2.24) is 15.0 Å². The molecule has 3 aliphatic carbocycles.